The Kier molecular flexibility index (Phi) is 5.38. The van der Waals surface area contributed by atoms with Gasteiger partial charge in [-0.15, -0.1) is 0 Å². The van der Waals surface area contributed by atoms with Crippen LogP contribution >= 0.6 is 0 Å². The Hall–Kier alpha value is -2.04. The zero-order valence-corrected chi connectivity index (χ0v) is 14.1. The number of nitrogens with zero attached hydrogens (tertiary/aromatic N) is 1. The van der Waals surface area contributed by atoms with Crippen LogP contribution in [-0.2, 0) is 11.2 Å². The van der Waals surface area contributed by atoms with Gasteiger partial charge in [0.15, 0.2) is 0 Å². The van der Waals surface area contributed by atoms with Gasteiger partial charge in [0.1, 0.15) is 0 Å². The first-order chi connectivity index (χ1) is 11.6. The molecule has 1 aliphatic heterocycles. The van der Waals surface area contributed by atoms with Crippen molar-refractivity contribution in [1.82, 2.24) is 10.2 Å². The molecule has 5 heteroatoms. The van der Waals surface area contributed by atoms with E-state index in [0.717, 1.165) is 19.3 Å². The number of nitrogens with one attached hydrogen (secondary N) is 1. The maximum absolute atomic E-state index is 12.6. The fourth-order valence-electron chi connectivity index (χ4n) is 3.58. The molecule has 0 bridgehead atoms. The van der Waals surface area contributed by atoms with Crippen LogP contribution < -0.4 is 11.1 Å². The van der Waals surface area contributed by atoms with Crippen LogP contribution in [0.4, 0.5) is 4.79 Å². The summed E-state index contributed by atoms with van der Waals surface area (Å²) in [5, 5.41) is 3.25. The molecule has 1 atom stereocenters. The van der Waals surface area contributed by atoms with Crippen LogP contribution in [0, 0.1) is 11.8 Å². The molecule has 2 aliphatic rings. The predicted molar refractivity (Wildman–Crippen MR) is 93.3 cm³/mol. The molecule has 3 N–H and O–H groups in total. The first-order valence-electron chi connectivity index (χ1n) is 8.99. The van der Waals surface area contributed by atoms with Crippen LogP contribution in [0.3, 0.4) is 0 Å². The summed E-state index contributed by atoms with van der Waals surface area (Å²) in [5.41, 5.74) is 6.54. The smallest absolute Gasteiger partial charge is 0.317 e. The van der Waals surface area contributed by atoms with Gasteiger partial charge < -0.3 is 16.0 Å². The highest BCUT2D eigenvalue weighted by atomic mass is 16.2. The molecular formula is C19H27N3O2. The summed E-state index contributed by atoms with van der Waals surface area (Å²) in [4.78, 5) is 25.5. The van der Waals surface area contributed by atoms with E-state index in [9.17, 15) is 9.59 Å². The molecule has 1 heterocycles. The lowest BCUT2D eigenvalue weighted by atomic mass is 9.93. The van der Waals surface area contributed by atoms with Crippen molar-refractivity contribution in [3.63, 3.8) is 0 Å². The Morgan fingerprint density at radius 1 is 1.12 bits per heavy atom. The normalized spacial score (nSPS) is 19.8. The molecule has 3 amide bonds. The molecule has 3 rings (SSSR count). The van der Waals surface area contributed by atoms with Gasteiger partial charge in [-0.1, -0.05) is 30.3 Å². The van der Waals surface area contributed by atoms with E-state index < -0.39 is 0 Å². The standard InChI is InChI=1S/C19H27N3O2/c20-18(23)13-15-8-10-22(11-9-15)19(24)21-17(16-6-7-16)12-14-4-2-1-3-5-14/h1-5,15-17H,6-13H2,(H2,20,23)(H,21,24)/t17-/m0/s1. The molecule has 130 valence electrons. The Labute approximate surface area is 143 Å². The molecular weight excluding hydrogens is 302 g/mol. The highest BCUT2D eigenvalue weighted by Gasteiger charge is 2.34. The third-order valence-electron chi connectivity index (χ3n) is 5.19. The van der Waals surface area contributed by atoms with E-state index in [1.54, 1.807) is 0 Å². The minimum absolute atomic E-state index is 0.0420. The summed E-state index contributed by atoms with van der Waals surface area (Å²) in [6.45, 7) is 1.43. The number of amides is 3. The molecule has 1 saturated heterocycles. The number of carbonyl (C=O) groups excluding carboxylic acids is 2. The third kappa shape index (κ3) is 4.73. The zero-order chi connectivity index (χ0) is 16.9. The number of rotatable bonds is 6. The van der Waals surface area contributed by atoms with Crippen molar-refractivity contribution in [2.45, 2.75) is 44.6 Å². The Balaban J connectivity index is 1.50. The largest absolute Gasteiger partial charge is 0.370 e. The number of primary amides is 1. The van der Waals surface area contributed by atoms with Crippen molar-refractivity contribution in [1.29, 1.82) is 0 Å². The summed E-state index contributed by atoms with van der Waals surface area (Å²) in [6.07, 6.45) is 5.48. The number of benzene rings is 1. The van der Waals surface area contributed by atoms with Crippen molar-refractivity contribution in [3.05, 3.63) is 35.9 Å². The Morgan fingerprint density at radius 2 is 1.79 bits per heavy atom. The van der Waals surface area contributed by atoms with Crippen LogP contribution in [0.2, 0.25) is 0 Å². The quantitative estimate of drug-likeness (QED) is 0.840. The molecule has 1 aromatic rings. The van der Waals surface area contributed by atoms with Gasteiger partial charge in [-0.05, 0) is 49.5 Å². The number of urea groups is 1. The number of nitrogens with two attached hydrogens (primary N) is 1. The monoisotopic (exact) mass is 329 g/mol. The van der Waals surface area contributed by atoms with Gasteiger partial charge in [0.25, 0.3) is 0 Å². The van der Waals surface area contributed by atoms with Gasteiger partial charge in [-0.25, -0.2) is 4.79 Å². The SMILES string of the molecule is NC(=O)CC1CCN(C(=O)N[C@@H](Cc2ccccc2)C2CC2)CC1. The van der Waals surface area contributed by atoms with Gasteiger partial charge >= 0.3 is 6.03 Å². The van der Waals surface area contributed by atoms with Gasteiger partial charge in [0, 0.05) is 25.6 Å². The lowest BCUT2D eigenvalue weighted by Crippen LogP contribution is -2.49. The number of hydrogen-bond donors (Lipinski definition) is 2. The van der Waals surface area contributed by atoms with Crippen molar-refractivity contribution in [2.75, 3.05) is 13.1 Å². The number of hydrogen-bond acceptors (Lipinski definition) is 2. The number of piperidine rings is 1. The van der Waals surface area contributed by atoms with Gasteiger partial charge in [0.2, 0.25) is 5.91 Å². The van der Waals surface area contributed by atoms with Crippen LogP contribution in [0.1, 0.15) is 37.7 Å². The van der Waals surface area contributed by atoms with E-state index in [1.807, 2.05) is 23.1 Å². The zero-order valence-electron chi connectivity index (χ0n) is 14.1. The molecule has 5 nitrogen and oxygen atoms in total. The molecule has 1 saturated carbocycles. The molecule has 0 aromatic heterocycles. The molecule has 0 spiro atoms. The third-order valence-corrected chi connectivity index (χ3v) is 5.19. The minimum Gasteiger partial charge on any atom is -0.370 e. The van der Waals surface area contributed by atoms with Crippen molar-refractivity contribution >= 4 is 11.9 Å². The second kappa shape index (κ2) is 7.69. The molecule has 2 fully saturated rings. The lowest BCUT2D eigenvalue weighted by molar-refractivity contribution is -0.119. The average Bonchev–Trinajstić information content (AvgIpc) is 3.40. The fraction of sp³-hybridized carbons (Fsp3) is 0.579. The van der Waals surface area contributed by atoms with E-state index in [2.05, 4.69) is 17.4 Å². The van der Waals surface area contributed by atoms with E-state index in [4.69, 9.17) is 5.73 Å². The maximum atomic E-state index is 12.6. The Morgan fingerprint density at radius 3 is 2.38 bits per heavy atom. The van der Waals surface area contributed by atoms with Gasteiger partial charge in [0.05, 0.1) is 0 Å². The Bertz CT molecular complexity index is 563. The van der Waals surface area contributed by atoms with E-state index >= 15 is 0 Å². The van der Waals surface area contributed by atoms with E-state index in [-0.39, 0.29) is 18.0 Å². The molecule has 24 heavy (non-hydrogen) atoms. The minimum atomic E-state index is -0.241. The van der Waals surface area contributed by atoms with Crippen molar-refractivity contribution in [3.8, 4) is 0 Å². The first-order valence-corrected chi connectivity index (χ1v) is 8.99. The maximum Gasteiger partial charge on any atom is 0.317 e. The van der Waals surface area contributed by atoms with Crippen molar-refractivity contribution < 1.29 is 9.59 Å². The predicted octanol–water partition coefficient (Wildman–Crippen LogP) is 2.30. The molecule has 0 radical (unpaired) electrons. The summed E-state index contributed by atoms with van der Waals surface area (Å²) in [5.74, 6) is 0.700. The van der Waals surface area contributed by atoms with Crippen LogP contribution in [0.15, 0.2) is 30.3 Å². The second-order valence-corrected chi connectivity index (χ2v) is 7.18. The van der Waals surface area contributed by atoms with E-state index in [1.165, 1.54) is 18.4 Å². The molecule has 1 aliphatic carbocycles. The average molecular weight is 329 g/mol. The second-order valence-electron chi connectivity index (χ2n) is 7.18. The lowest BCUT2D eigenvalue weighted by Gasteiger charge is -2.33. The highest BCUT2D eigenvalue weighted by Crippen LogP contribution is 2.34. The van der Waals surface area contributed by atoms with Crippen LogP contribution in [-0.4, -0.2) is 36.0 Å². The molecule has 0 unspecified atom stereocenters. The number of carbonyl (C=O) groups is 2. The topological polar surface area (TPSA) is 75.4 Å². The highest BCUT2D eigenvalue weighted by molar-refractivity contribution is 5.75. The fourth-order valence-corrected chi connectivity index (χ4v) is 3.58. The number of likely N-dealkylation sites (tertiary alicyclic amines) is 1. The first kappa shape index (κ1) is 16.8. The summed E-state index contributed by atoms with van der Waals surface area (Å²) >= 11 is 0. The van der Waals surface area contributed by atoms with Crippen LogP contribution in [0.25, 0.3) is 0 Å². The summed E-state index contributed by atoms with van der Waals surface area (Å²) in [6, 6.07) is 10.6. The van der Waals surface area contributed by atoms with Gasteiger partial charge in [-0.2, -0.15) is 0 Å². The van der Waals surface area contributed by atoms with Crippen LogP contribution in [0.5, 0.6) is 0 Å². The summed E-state index contributed by atoms with van der Waals surface area (Å²) in [7, 11) is 0. The summed E-state index contributed by atoms with van der Waals surface area (Å²) < 4.78 is 0. The van der Waals surface area contributed by atoms with Gasteiger partial charge in [-0.3, -0.25) is 4.79 Å². The van der Waals surface area contributed by atoms with E-state index in [0.29, 0.717) is 31.3 Å². The molecule has 1 aromatic carbocycles. The van der Waals surface area contributed by atoms with Crippen molar-refractivity contribution in [2.24, 2.45) is 17.6 Å².